The van der Waals surface area contributed by atoms with Crippen molar-refractivity contribution in [3.8, 4) is 5.75 Å². The number of nitrogens with two attached hydrogens (primary N) is 2. The highest BCUT2D eigenvalue weighted by Gasteiger charge is 2.13. The normalized spacial score (nSPS) is 12.3. The van der Waals surface area contributed by atoms with Crippen molar-refractivity contribution in [2.45, 2.75) is 13.3 Å². The van der Waals surface area contributed by atoms with E-state index in [1.54, 1.807) is 34.4 Å². The lowest BCUT2D eigenvalue weighted by Crippen LogP contribution is -2.14. The van der Waals surface area contributed by atoms with E-state index < -0.39 is 5.91 Å². The molecule has 33 heavy (non-hydrogen) atoms. The number of ether oxygens (including phenoxy) is 1. The van der Waals surface area contributed by atoms with Gasteiger partial charge in [-0.15, -0.1) is 10.2 Å². The Morgan fingerprint density at radius 1 is 1.24 bits per heavy atom. The predicted molar refractivity (Wildman–Crippen MR) is 140 cm³/mol. The van der Waals surface area contributed by atoms with Crippen LogP contribution in [0.3, 0.4) is 0 Å². The van der Waals surface area contributed by atoms with Crippen LogP contribution in [-0.4, -0.2) is 37.8 Å². The smallest absolute Gasteiger partial charge is 0.281 e. The summed E-state index contributed by atoms with van der Waals surface area (Å²) >= 11 is 2.86. The summed E-state index contributed by atoms with van der Waals surface area (Å²) in [7, 11) is 1.88. The van der Waals surface area contributed by atoms with Gasteiger partial charge in [0.25, 0.3) is 5.91 Å². The number of nitrogens with zero attached hydrogens (tertiary/aromatic N) is 4. The first-order valence-corrected chi connectivity index (χ1v) is 12.2. The summed E-state index contributed by atoms with van der Waals surface area (Å²) in [6, 6.07) is 9.27. The van der Waals surface area contributed by atoms with E-state index in [1.807, 2.05) is 62.7 Å². The molecule has 0 fully saturated rings. The summed E-state index contributed by atoms with van der Waals surface area (Å²) in [5.41, 5.74) is 11.8. The van der Waals surface area contributed by atoms with Gasteiger partial charge in [-0.25, -0.2) is 0 Å². The minimum Gasteiger partial charge on any atom is -0.458 e. The molecular weight excluding hydrogens is 456 g/mol. The van der Waals surface area contributed by atoms with Crippen molar-refractivity contribution in [1.82, 2.24) is 14.8 Å². The van der Waals surface area contributed by atoms with Gasteiger partial charge >= 0.3 is 0 Å². The zero-order chi connectivity index (χ0) is 24.5. The molecule has 0 unspecified atom stereocenters. The summed E-state index contributed by atoms with van der Waals surface area (Å²) in [5, 5.41) is 9.00. The second-order valence-electron chi connectivity index (χ2n) is 6.34. The van der Waals surface area contributed by atoms with Crippen molar-refractivity contribution >= 4 is 34.6 Å². The maximum atomic E-state index is 12.5. The van der Waals surface area contributed by atoms with Crippen LogP contribution in [0.5, 0.6) is 5.75 Å². The standard InChI is InChI=1S/C20H25N3O2S2.C3H5N3/c1-4-9-17(25-16-10-6-5-7-11-16)14-18(15(2)21)19(24)23-20(22)27-13-8-12-26-3;1-6-2-4-5-3-6/h5-11,13-14H,2,4,12,21H2,1,3H3,(H2,22,23,24);2-3H,1H3/b13-8+,17-9+,18-14+;. The first-order chi connectivity index (χ1) is 15.9. The SMILES string of the molecule is C=C(N)/C(=C\C(=C/CC)Oc1ccccc1)C(=O)N=C(N)S/C=C/CSC.Cn1cnnc1. The molecule has 2 rings (SSSR count). The maximum absolute atomic E-state index is 12.5. The first-order valence-electron chi connectivity index (χ1n) is 9.94. The third kappa shape index (κ3) is 12.4. The molecule has 2 aromatic rings. The fourth-order valence-electron chi connectivity index (χ4n) is 2.08. The number of hydrogen-bond acceptors (Lipinski definition) is 7. The van der Waals surface area contributed by atoms with E-state index in [9.17, 15) is 4.79 Å². The summed E-state index contributed by atoms with van der Waals surface area (Å²) in [5.74, 6) is 1.44. The van der Waals surface area contributed by atoms with Gasteiger partial charge in [-0.05, 0) is 42.4 Å². The molecule has 1 aromatic heterocycles. The molecule has 0 saturated carbocycles. The number of aromatic nitrogens is 3. The van der Waals surface area contributed by atoms with E-state index in [-0.39, 0.29) is 16.4 Å². The number of amides is 1. The lowest BCUT2D eigenvalue weighted by Gasteiger charge is -2.09. The van der Waals surface area contributed by atoms with Crippen LogP contribution in [-0.2, 0) is 11.8 Å². The Labute approximate surface area is 203 Å². The van der Waals surface area contributed by atoms with Crippen molar-refractivity contribution in [3.63, 3.8) is 0 Å². The topological polar surface area (TPSA) is 121 Å². The third-order valence-electron chi connectivity index (χ3n) is 3.54. The number of allylic oxidation sites excluding steroid dienone is 2. The van der Waals surface area contributed by atoms with Crippen LogP contribution >= 0.6 is 23.5 Å². The zero-order valence-corrected chi connectivity index (χ0v) is 20.7. The van der Waals surface area contributed by atoms with Crippen LogP contribution < -0.4 is 16.2 Å². The molecule has 0 aliphatic heterocycles. The molecule has 0 spiro atoms. The van der Waals surface area contributed by atoms with E-state index in [4.69, 9.17) is 16.2 Å². The molecule has 0 atom stereocenters. The van der Waals surface area contributed by atoms with Crippen LogP contribution in [0, 0.1) is 0 Å². The van der Waals surface area contributed by atoms with Gasteiger partial charge in [-0.2, -0.15) is 16.8 Å². The number of para-hydroxylation sites is 1. The molecule has 10 heteroatoms. The van der Waals surface area contributed by atoms with Gasteiger partial charge in [0.1, 0.15) is 24.2 Å². The summed E-state index contributed by atoms with van der Waals surface area (Å²) in [6.07, 6.45) is 11.3. The monoisotopic (exact) mass is 486 g/mol. The number of hydrogen-bond donors (Lipinski definition) is 2. The Morgan fingerprint density at radius 2 is 1.91 bits per heavy atom. The van der Waals surface area contributed by atoms with Crippen LogP contribution in [0.4, 0.5) is 0 Å². The molecule has 8 nitrogen and oxygen atoms in total. The van der Waals surface area contributed by atoms with E-state index in [0.29, 0.717) is 11.5 Å². The van der Waals surface area contributed by atoms with Gasteiger partial charge in [0, 0.05) is 18.5 Å². The highest BCUT2D eigenvalue weighted by atomic mass is 32.2. The molecule has 1 heterocycles. The van der Waals surface area contributed by atoms with Gasteiger partial charge in [-0.1, -0.05) is 49.5 Å². The minimum atomic E-state index is -0.565. The van der Waals surface area contributed by atoms with Gasteiger partial charge in [-0.3, -0.25) is 4.79 Å². The molecule has 0 saturated heterocycles. The van der Waals surface area contributed by atoms with E-state index in [2.05, 4.69) is 21.8 Å². The molecule has 0 aliphatic carbocycles. The highest BCUT2D eigenvalue weighted by molar-refractivity contribution is 8.16. The number of aliphatic imine (C=N–C) groups is 1. The Kier molecular flexibility index (Phi) is 13.8. The first kappa shape index (κ1) is 27.8. The van der Waals surface area contributed by atoms with E-state index >= 15 is 0 Å². The van der Waals surface area contributed by atoms with Crippen molar-refractivity contribution in [2.75, 3.05) is 12.0 Å². The van der Waals surface area contributed by atoms with Crippen molar-refractivity contribution in [1.29, 1.82) is 0 Å². The van der Waals surface area contributed by atoms with E-state index in [0.717, 1.165) is 12.2 Å². The van der Waals surface area contributed by atoms with Crippen molar-refractivity contribution in [2.24, 2.45) is 23.5 Å². The Balaban J connectivity index is 0.000000779. The zero-order valence-electron chi connectivity index (χ0n) is 19.0. The Hall–Kier alpha value is -3.24. The van der Waals surface area contributed by atoms with Gasteiger partial charge in [0.2, 0.25) is 0 Å². The average molecular weight is 487 g/mol. The number of aryl methyl sites for hydroxylation is 1. The van der Waals surface area contributed by atoms with Crippen LogP contribution in [0.1, 0.15) is 13.3 Å². The number of amidine groups is 1. The van der Waals surface area contributed by atoms with Gasteiger partial charge in [0.15, 0.2) is 5.17 Å². The Morgan fingerprint density at radius 3 is 2.42 bits per heavy atom. The lowest BCUT2D eigenvalue weighted by atomic mass is 10.1. The van der Waals surface area contributed by atoms with Crippen LogP contribution in [0.25, 0.3) is 0 Å². The molecule has 4 N–H and O–H groups in total. The van der Waals surface area contributed by atoms with Gasteiger partial charge in [0.05, 0.1) is 5.57 Å². The van der Waals surface area contributed by atoms with Crippen molar-refractivity contribution in [3.05, 3.63) is 90.2 Å². The quantitative estimate of drug-likeness (QED) is 0.179. The number of carbonyl (C=O) groups is 1. The van der Waals surface area contributed by atoms with Crippen molar-refractivity contribution < 1.29 is 9.53 Å². The number of benzene rings is 1. The molecule has 0 bridgehead atoms. The van der Waals surface area contributed by atoms with E-state index in [1.165, 1.54) is 17.8 Å². The van der Waals surface area contributed by atoms with Crippen LogP contribution in [0.15, 0.2) is 95.2 Å². The third-order valence-corrected chi connectivity index (χ3v) is 4.73. The highest BCUT2D eigenvalue weighted by Crippen LogP contribution is 2.17. The maximum Gasteiger partial charge on any atom is 0.281 e. The lowest BCUT2D eigenvalue weighted by molar-refractivity contribution is -0.114. The molecule has 176 valence electrons. The Bertz CT molecular complexity index is 984. The number of carbonyl (C=O) groups excluding carboxylic acids is 1. The second kappa shape index (κ2) is 16.4. The molecule has 1 amide bonds. The molecular formula is C23H30N6O2S2. The predicted octanol–water partition coefficient (Wildman–Crippen LogP) is 4.02. The largest absolute Gasteiger partial charge is 0.458 e. The molecule has 0 radical (unpaired) electrons. The second-order valence-corrected chi connectivity index (χ2v) is 8.18. The number of thioether (sulfide) groups is 2. The minimum absolute atomic E-state index is 0.0955. The molecule has 1 aromatic carbocycles. The van der Waals surface area contributed by atoms with Gasteiger partial charge < -0.3 is 20.8 Å². The molecule has 0 aliphatic rings. The fourth-order valence-corrected chi connectivity index (χ4v) is 2.96. The summed E-state index contributed by atoms with van der Waals surface area (Å²) in [4.78, 5) is 16.4. The number of rotatable bonds is 9. The summed E-state index contributed by atoms with van der Waals surface area (Å²) < 4.78 is 7.60. The average Bonchev–Trinajstić information content (AvgIpc) is 3.27. The summed E-state index contributed by atoms with van der Waals surface area (Å²) in [6.45, 7) is 5.63. The van der Waals surface area contributed by atoms with Crippen LogP contribution in [0.2, 0.25) is 0 Å². The fraction of sp³-hybridized carbons (Fsp3) is 0.217.